The van der Waals surface area contributed by atoms with Crippen LogP contribution in [0.2, 0.25) is 0 Å². The van der Waals surface area contributed by atoms with Crippen molar-refractivity contribution in [2.75, 3.05) is 27.7 Å². The van der Waals surface area contributed by atoms with Gasteiger partial charge in [-0.15, -0.1) is 0 Å². The molecule has 288 valence electrons. The van der Waals surface area contributed by atoms with Crippen molar-refractivity contribution in [1.29, 1.82) is 0 Å². The van der Waals surface area contributed by atoms with Crippen molar-refractivity contribution >= 4 is 29.7 Å². The molecule has 1 heterocycles. The standard InChI is InChI=1S/C35H56N4O5.C2HF3O2/c1-21(2)27(20-24(5)31(41)39-16-14-15-26(39)33(43)44-13)38(12)32(42)29(34(6,7)8)37-30(40)28(36-11)35(9,10)25-18-22(3)17-23(4)19-25;3-2(4,5)1(6)7/h17-21,26-29,36H,14-16H2,1-13H3,(H,37,40);(H,6,7)/b24-20+;/t26-,27+,28+,29+;/m0./s1. The Morgan fingerprint density at radius 2 is 1.51 bits per heavy atom. The number of benzene rings is 1. The van der Waals surface area contributed by atoms with E-state index in [1.165, 1.54) is 7.11 Å². The lowest BCUT2D eigenvalue weighted by molar-refractivity contribution is -0.192. The molecule has 1 aliphatic heterocycles. The molecule has 0 aliphatic carbocycles. The first-order valence-electron chi connectivity index (χ1n) is 16.9. The van der Waals surface area contributed by atoms with Crippen molar-refractivity contribution in [2.24, 2.45) is 11.3 Å². The number of amides is 3. The van der Waals surface area contributed by atoms with E-state index in [1.807, 2.05) is 62.3 Å². The fraction of sp³-hybridized carbons (Fsp3) is 0.649. The molecule has 1 aromatic carbocycles. The predicted molar refractivity (Wildman–Crippen MR) is 189 cm³/mol. The third-order valence-corrected chi connectivity index (χ3v) is 9.10. The number of esters is 1. The number of aliphatic carboxylic acids is 1. The number of hydrogen-bond acceptors (Lipinski definition) is 7. The van der Waals surface area contributed by atoms with E-state index in [2.05, 4.69) is 28.8 Å². The molecular formula is C37H57F3N4O7. The topological polar surface area (TPSA) is 145 Å². The number of carboxylic acids is 1. The average molecular weight is 727 g/mol. The lowest BCUT2D eigenvalue weighted by Gasteiger charge is -2.40. The van der Waals surface area contributed by atoms with Crippen LogP contribution in [0.15, 0.2) is 29.8 Å². The van der Waals surface area contributed by atoms with E-state index in [0.29, 0.717) is 18.5 Å². The molecule has 11 nitrogen and oxygen atoms in total. The molecule has 1 aromatic rings. The molecule has 14 heteroatoms. The Balaban J connectivity index is 0.00000167. The van der Waals surface area contributed by atoms with Gasteiger partial charge in [-0.25, -0.2) is 9.59 Å². The first kappa shape index (κ1) is 45.1. The minimum absolute atomic E-state index is 0.0217. The van der Waals surface area contributed by atoms with Crippen LogP contribution in [0, 0.1) is 25.2 Å². The lowest BCUT2D eigenvalue weighted by atomic mass is 9.76. The van der Waals surface area contributed by atoms with Crippen molar-refractivity contribution in [1.82, 2.24) is 20.4 Å². The summed E-state index contributed by atoms with van der Waals surface area (Å²) in [5.74, 6) is -3.94. The number of carbonyl (C=O) groups excluding carboxylic acids is 4. The SMILES string of the molecule is CN[C@H](C(=O)N[C@H](C(=O)N(C)[C@H](/C=C(\C)C(=O)N1CCC[C@H]1C(=O)OC)C(C)C)C(C)(C)C)C(C)(C)c1cc(C)cc(C)c1.O=C(O)C(F)(F)F. The molecule has 1 saturated heterocycles. The van der Waals surface area contributed by atoms with Gasteiger partial charge in [-0.05, 0) is 57.6 Å². The van der Waals surface area contributed by atoms with Crippen LogP contribution in [-0.4, -0.2) is 103 Å². The fourth-order valence-corrected chi connectivity index (χ4v) is 6.25. The highest BCUT2D eigenvalue weighted by Gasteiger charge is 2.42. The van der Waals surface area contributed by atoms with Crippen LogP contribution < -0.4 is 10.6 Å². The highest BCUT2D eigenvalue weighted by Crippen LogP contribution is 2.31. The minimum atomic E-state index is -5.08. The summed E-state index contributed by atoms with van der Waals surface area (Å²) in [7, 11) is 4.81. The summed E-state index contributed by atoms with van der Waals surface area (Å²) in [6.45, 7) is 20.1. The zero-order chi connectivity index (χ0) is 39.8. The van der Waals surface area contributed by atoms with Gasteiger partial charge in [-0.3, -0.25) is 14.4 Å². The maximum absolute atomic E-state index is 14.2. The molecule has 0 aromatic heterocycles. The molecule has 2 rings (SSSR count). The first-order valence-corrected chi connectivity index (χ1v) is 16.9. The van der Waals surface area contributed by atoms with Crippen molar-refractivity contribution in [3.8, 4) is 0 Å². The molecule has 3 N–H and O–H groups in total. The number of carbonyl (C=O) groups is 5. The largest absolute Gasteiger partial charge is 0.490 e. The van der Waals surface area contributed by atoms with Crippen LogP contribution in [0.1, 0.15) is 84.9 Å². The third kappa shape index (κ3) is 12.1. The van der Waals surface area contributed by atoms with Crippen molar-refractivity contribution < 1.29 is 47.0 Å². The zero-order valence-corrected chi connectivity index (χ0v) is 32.2. The van der Waals surface area contributed by atoms with Gasteiger partial charge in [0.25, 0.3) is 0 Å². The van der Waals surface area contributed by atoms with E-state index < -0.39 is 53.1 Å². The Bertz CT molecular complexity index is 1430. The van der Waals surface area contributed by atoms with Gasteiger partial charge in [0, 0.05) is 24.6 Å². The smallest absolute Gasteiger partial charge is 0.475 e. The van der Waals surface area contributed by atoms with Gasteiger partial charge >= 0.3 is 18.1 Å². The normalized spacial score (nSPS) is 17.2. The van der Waals surface area contributed by atoms with Crippen LogP contribution in [0.4, 0.5) is 13.2 Å². The predicted octanol–water partition coefficient (Wildman–Crippen LogP) is 4.93. The molecule has 4 atom stereocenters. The number of likely N-dealkylation sites (tertiary alicyclic amines) is 1. The Kier molecular flexibility index (Phi) is 15.9. The Hall–Kier alpha value is -3.94. The number of carboxylic acid groups (broad SMARTS) is 1. The first-order chi connectivity index (χ1) is 23.2. The summed E-state index contributed by atoms with van der Waals surface area (Å²) in [4.78, 5) is 65.9. The Labute approximate surface area is 300 Å². The molecule has 1 aliphatic rings. The Morgan fingerprint density at radius 3 is 1.92 bits per heavy atom. The maximum Gasteiger partial charge on any atom is 0.490 e. The van der Waals surface area contributed by atoms with Gasteiger partial charge in [0.05, 0.1) is 19.2 Å². The number of hydrogen-bond donors (Lipinski definition) is 3. The molecular weight excluding hydrogens is 669 g/mol. The second-order valence-electron chi connectivity index (χ2n) is 15.1. The van der Waals surface area contributed by atoms with Crippen LogP contribution in [0.3, 0.4) is 0 Å². The van der Waals surface area contributed by atoms with E-state index in [4.69, 9.17) is 14.6 Å². The van der Waals surface area contributed by atoms with Gasteiger partial charge in [0.2, 0.25) is 17.7 Å². The quantitative estimate of drug-likeness (QED) is 0.215. The summed E-state index contributed by atoms with van der Waals surface area (Å²) in [5, 5.41) is 13.4. The average Bonchev–Trinajstić information content (AvgIpc) is 3.50. The number of rotatable bonds is 11. The van der Waals surface area contributed by atoms with Gasteiger partial charge in [0.15, 0.2) is 0 Å². The van der Waals surface area contributed by atoms with Crippen LogP contribution in [0.25, 0.3) is 0 Å². The van der Waals surface area contributed by atoms with Gasteiger partial charge in [0.1, 0.15) is 12.1 Å². The zero-order valence-electron chi connectivity index (χ0n) is 32.2. The highest BCUT2D eigenvalue weighted by molar-refractivity contribution is 5.96. The monoisotopic (exact) mass is 726 g/mol. The number of halogens is 3. The Morgan fingerprint density at radius 1 is 1.00 bits per heavy atom. The van der Waals surface area contributed by atoms with Gasteiger partial charge in [-0.1, -0.05) is 83.9 Å². The van der Waals surface area contributed by atoms with Crippen molar-refractivity contribution in [2.45, 2.75) is 118 Å². The second kappa shape index (κ2) is 18.0. The fourth-order valence-electron chi connectivity index (χ4n) is 6.25. The van der Waals surface area contributed by atoms with Crippen LogP contribution >= 0.6 is 0 Å². The van der Waals surface area contributed by atoms with Crippen LogP contribution in [-0.2, 0) is 34.1 Å². The molecule has 3 amide bonds. The molecule has 0 unspecified atom stereocenters. The summed E-state index contributed by atoms with van der Waals surface area (Å²) in [6, 6.07) is 3.87. The number of methoxy groups -OCH3 is 1. The number of alkyl halides is 3. The van der Waals surface area contributed by atoms with E-state index >= 15 is 0 Å². The summed E-state index contributed by atoms with van der Waals surface area (Å²) in [6.07, 6.45) is -1.98. The number of nitrogens with zero attached hydrogens (tertiary/aromatic N) is 2. The van der Waals surface area contributed by atoms with Gasteiger partial charge in [-0.2, -0.15) is 13.2 Å². The highest BCUT2D eigenvalue weighted by atomic mass is 19.4. The van der Waals surface area contributed by atoms with E-state index in [-0.39, 0.29) is 23.6 Å². The summed E-state index contributed by atoms with van der Waals surface area (Å²) in [5.41, 5.74) is 2.59. The molecule has 51 heavy (non-hydrogen) atoms. The number of likely N-dealkylation sites (N-methyl/N-ethyl adjacent to an activating group) is 2. The summed E-state index contributed by atoms with van der Waals surface area (Å²) < 4.78 is 36.6. The molecule has 0 saturated carbocycles. The van der Waals surface area contributed by atoms with Crippen molar-refractivity contribution in [3.05, 3.63) is 46.5 Å². The number of nitrogens with one attached hydrogen (secondary N) is 2. The summed E-state index contributed by atoms with van der Waals surface area (Å²) >= 11 is 0. The molecule has 0 radical (unpaired) electrons. The minimum Gasteiger partial charge on any atom is -0.475 e. The maximum atomic E-state index is 14.2. The van der Waals surface area contributed by atoms with E-state index in [0.717, 1.165) is 23.1 Å². The number of aryl methyl sites for hydroxylation is 2. The van der Waals surface area contributed by atoms with Crippen molar-refractivity contribution in [3.63, 3.8) is 0 Å². The number of ether oxygens (including phenoxy) is 1. The molecule has 0 spiro atoms. The van der Waals surface area contributed by atoms with Gasteiger partial charge < -0.3 is 30.3 Å². The molecule has 1 fully saturated rings. The third-order valence-electron chi connectivity index (χ3n) is 9.10. The molecule has 0 bridgehead atoms. The lowest BCUT2D eigenvalue weighted by Crippen LogP contribution is -2.61. The van der Waals surface area contributed by atoms with E-state index in [9.17, 15) is 32.3 Å². The second-order valence-corrected chi connectivity index (χ2v) is 15.1. The van der Waals surface area contributed by atoms with E-state index in [1.54, 1.807) is 36.9 Å². The van der Waals surface area contributed by atoms with Crippen LogP contribution in [0.5, 0.6) is 0 Å².